The van der Waals surface area contributed by atoms with Crippen molar-refractivity contribution in [2.24, 2.45) is 0 Å². The first kappa shape index (κ1) is 16.5. The zero-order chi connectivity index (χ0) is 16.8. The van der Waals surface area contributed by atoms with Gasteiger partial charge in [-0.3, -0.25) is 4.79 Å². The van der Waals surface area contributed by atoms with Gasteiger partial charge >= 0.3 is 6.61 Å². The van der Waals surface area contributed by atoms with Crippen molar-refractivity contribution in [3.05, 3.63) is 48.0 Å². The number of methoxy groups -OCH3 is 2. The number of anilines is 1. The number of ether oxygens (including phenoxy) is 3. The van der Waals surface area contributed by atoms with Crippen molar-refractivity contribution in [1.29, 1.82) is 0 Å². The van der Waals surface area contributed by atoms with Crippen LogP contribution in [-0.2, 0) is 0 Å². The summed E-state index contributed by atoms with van der Waals surface area (Å²) in [7, 11) is 2.98. The van der Waals surface area contributed by atoms with Crippen LogP contribution in [0.5, 0.6) is 17.2 Å². The third-order valence-corrected chi connectivity index (χ3v) is 2.98. The highest BCUT2D eigenvalue weighted by molar-refractivity contribution is 6.05. The minimum atomic E-state index is -2.95. The summed E-state index contributed by atoms with van der Waals surface area (Å²) < 4.78 is 39.0. The van der Waals surface area contributed by atoms with E-state index in [1.165, 1.54) is 38.5 Å². The van der Waals surface area contributed by atoms with Gasteiger partial charge in [-0.15, -0.1) is 0 Å². The van der Waals surface area contributed by atoms with Crippen LogP contribution in [0, 0.1) is 0 Å². The van der Waals surface area contributed by atoms with Gasteiger partial charge in [0, 0.05) is 11.6 Å². The van der Waals surface area contributed by atoms with Crippen molar-refractivity contribution in [3.63, 3.8) is 0 Å². The zero-order valence-electron chi connectivity index (χ0n) is 12.5. The van der Waals surface area contributed by atoms with Crippen LogP contribution in [0.4, 0.5) is 14.5 Å². The van der Waals surface area contributed by atoms with E-state index >= 15 is 0 Å². The summed E-state index contributed by atoms with van der Waals surface area (Å²) in [4.78, 5) is 12.2. The highest BCUT2D eigenvalue weighted by Gasteiger charge is 2.12. The second-order valence-corrected chi connectivity index (χ2v) is 4.43. The van der Waals surface area contributed by atoms with Gasteiger partial charge in [-0.1, -0.05) is 6.07 Å². The fraction of sp³-hybridized carbons (Fsp3) is 0.188. The number of amides is 1. The molecule has 0 fully saturated rings. The number of hydrogen-bond donors (Lipinski definition) is 1. The standard InChI is InChI=1S/C16H15F2NO4/c1-21-11-6-7-13(14(9-11)22-2)19-15(20)10-4-3-5-12(8-10)23-16(17)18/h3-9,16H,1-2H3,(H,19,20). The van der Waals surface area contributed by atoms with Crippen molar-refractivity contribution in [3.8, 4) is 17.2 Å². The van der Waals surface area contributed by atoms with Gasteiger partial charge in [-0.2, -0.15) is 8.78 Å². The maximum atomic E-state index is 12.2. The Hall–Kier alpha value is -2.83. The van der Waals surface area contributed by atoms with E-state index in [1.54, 1.807) is 18.2 Å². The Labute approximate surface area is 131 Å². The molecule has 0 aromatic heterocycles. The lowest BCUT2D eigenvalue weighted by Crippen LogP contribution is -2.13. The quantitative estimate of drug-likeness (QED) is 0.883. The molecule has 7 heteroatoms. The Morgan fingerprint density at radius 1 is 1.04 bits per heavy atom. The first-order valence-corrected chi connectivity index (χ1v) is 6.61. The number of alkyl halides is 2. The lowest BCUT2D eigenvalue weighted by Gasteiger charge is -2.12. The summed E-state index contributed by atoms with van der Waals surface area (Å²) in [5, 5.41) is 2.65. The highest BCUT2D eigenvalue weighted by atomic mass is 19.3. The predicted octanol–water partition coefficient (Wildman–Crippen LogP) is 3.56. The number of hydrogen-bond acceptors (Lipinski definition) is 4. The first-order valence-electron chi connectivity index (χ1n) is 6.61. The molecule has 0 saturated carbocycles. The topological polar surface area (TPSA) is 56.8 Å². The molecule has 0 bridgehead atoms. The van der Waals surface area contributed by atoms with Crippen LogP contribution in [0.15, 0.2) is 42.5 Å². The van der Waals surface area contributed by atoms with Crippen molar-refractivity contribution >= 4 is 11.6 Å². The van der Waals surface area contributed by atoms with Gasteiger partial charge in [0.05, 0.1) is 19.9 Å². The normalized spacial score (nSPS) is 10.3. The van der Waals surface area contributed by atoms with Crippen LogP contribution in [0.2, 0.25) is 0 Å². The minimum Gasteiger partial charge on any atom is -0.497 e. The lowest BCUT2D eigenvalue weighted by molar-refractivity contribution is -0.0498. The smallest absolute Gasteiger partial charge is 0.387 e. The monoisotopic (exact) mass is 323 g/mol. The Morgan fingerprint density at radius 2 is 1.83 bits per heavy atom. The molecule has 0 radical (unpaired) electrons. The lowest BCUT2D eigenvalue weighted by atomic mass is 10.2. The van der Waals surface area contributed by atoms with Gasteiger partial charge in [0.15, 0.2) is 0 Å². The van der Waals surface area contributed by atoms with Gasteiger partial charge < -0.3 is 19.5 Å². The largest absolute Gasteiger partial charge is 0.497 e. The average Bonchev–Trinajstić information content (AvgIpc) is 2.54. The maximum Gasteiger partial charge on any atom is 0.387 e. The average molecular weight is 323 g/mol. The van der Waals surface area contributed by atoms with E-state index in [2.05, 4.69) is 10.1 Å². The van der Waals surface area contributed by atoms with Crippen LogP contribution in [0.25, 0.3) is 0 Å². The van der Waals surface area contributed by atoms with Crippen molar-refractivity contribution in [2.75, 3.05) is 19.5 Å². The van der Waals surface area contributed by atoms with Crippen LogP contribution in [0.1, 0.15) is 10.4 Å². The summed E-state index contributed by atoms with van der Waals surface area (Å²) in [5.41, 5.74) is 0.611. The number of nitrogens with one attached hydrogen (secondary N) is 1. The fourth-order valence-corrected chi connectivity index (χ4v) is 1.91. The third kappa shape index (κ3) is 4.32. The molecule has 0 unspecified atom stereocenters. The van der Waals surface area contributed by atoms with Crippen molar-refractivity contribution in [1.82, 2.24) is 0 Å². The molecule has 0 aliphatic heterocycles. The Kier molecular flexibility index (Phi) is 5.35. The molecule has 23 heavy (non-hydrogen) atoms. The zero-order valence-corrected chi connectivity index (χ0v) is 12.5. The number of carbonyl (C=O) groups excluding carboxylic acids is 1. The van der Waals surface area contributed by atoms with E-state index in [-0.39, 0.29) is 11.3 Å². The maximum absolute atomic E-state index is 12.2. The fourth-order valence-electron chi connectivity index (χ4n) is 1.91. The summed E-state index contributed by atoms with van der Waals surface area (Å²) in [6.07, 6.45) is 0. The first-order chi connectivity index (χ1) is 11.0. The Balaban J connectivity index is 2.19. The molecule has 0 spiro atoms. The molecule has 5 nitrogen and oxygen atoms in total. The molecule has 1 amide bonds. The summed E-state index contributed by atoms with van der Waals surface area (Å²) in [5.74, 6) is 0.424. The van der Waals surface area contributed by atoms with E-state index < -0.39 is 12.5 Å². The number of carbonyl (C=O) groups is 1. The highest BCUT2D eigenvalue weighted by Crippen LogP contribution is 2.29. The molecule has 0 aliphatic rings. The number of benzene rings is 2. The second-order valence-electron chi connectivity index (χ2n) is 4.43. The van der Waals surface area contributed by atoms with Gasteiger partial charge in [0.1, 0.15) is 17.2 Å². The van der Waals surface area contributed by atoms with Crippen LogP contribution < -0.4 is 19.5 Å². The number of halogens is 2. The van der Waals surface area contributed by atoms with Crippen molar-refractivity contribution < 1.29 is 27.8 Å². The molecular weight excluding hydrogens is 308 g/mol. The predicted molar refractivity (Wildman–Crippen MR) is 80.6 cm³/mol. The summed E-state index contributed by atoms with van der Waals surface area (Å²) in [6.45, 7) is -2.95. The number of rotatable bonds is 6. The van der Waals surface area contributed by atoms with Gasteiger partial charge in [-0.25, -0.2) is 0 Å². The van der Waals surface area contributed by atoms with Gasteiger partial charge in [0.25, 0.3) is 5.91 Å². The molecular formula is C16H15F2NO4. The van der Waals surface area contributed by atoms with E-state index in [4.69, 9.17) is 9.47 Å². The summed E-state index contributed by atoms with van der Waals surface area (Å²) in [6, 6.07) is 10.4. The molecule has 0 heterocycles. The van der Waals surface area contributed by atoms with E-state index in [1.807, 2.05) is 0 Å². The van der Waals surface area contributed by atoms with Gasteiger partial charge in [0.2, 0.25) is 0 Å². The Morgan fingerprint density at radius 3 is 2.48 bits per heavy atom. The minimum absolute atomic E-state index is 0.0886. The van der Waals surface area contributed by atoms with E-state index in [0.29, 0.717) is 17.2 Å². The molecule has 0 aliphatic carbocycles. The molecule has 1 N–H and O–H groups in total. The molecule has 2 rings (SSSR count). The third-order valence-electron chi connectivity index (χ3n) is 2.98. The van der Waals surface area contributed by atoms with E-state index in [9.17, 15) is 13.6 Å². The van der Waals surface area contributed by atoms with Gasteiger partial charge in [-0.05, 0) is 30.3 Å². The molecule has 2 aromatic rings. The Bertz CT molecular complexity index is 692. The molecule has 122 valence electrons. The molecule has 2 aromatic carbocycles. The SMILES string of the molecule is COc1ccc(NC(=O)c2cccc(OC(F)F)c2)c(OC)c1. The molecule has 0 atom stereocenters. The van der Waals surface area contributed by atoms with E-state index in [0.717, 1.165) is 0 Å². The summed E-state index contributed by atoms with van der Waals surface area (Å²) >= 11 is 0. The van der Waals surface area contributed by atoms with Crippen LogP contribution in [-0.4, -0.2) is 26.7 Å². The molecule has 0 saturated heterocycles. The second kappa shape index (κ2) is 7.44. The van der Waals surface area contributed by atoms with Crippen LogP contribution in [0.3, 0.4) is 0 Å². The van der Waals surface area contributed by atoms with Crippen molar-refractivity contribution in [2.45, 2.75) is 6.61 Å². The van der Waals surface area contributed by atoms with Crippen LogP contribution >= 0.6 is 0 Å².